The molecule has 1 aliphatic heterocycles. The normalized spacial score (nSPS) is 14.7. The molecule has 6 aromatic rings. The van der Waals surface area contributed by atoms with Crippen molar-refractivity contribution in [2.75, 3.05) is 13.1 Å². The fraction of sp³-hybridized carbons (Fsp3) is 0.182. The standard InChI is InChI=1S/C33H27Cl2N5O/c34-25-18-28-29(19-26(25)35)37-32(31(36-28)22-6-2-1-3-7-22)23-12-10-21(11-13-23)20-39-16-14-24(15-17-39)40-30-9-5-4-8-27(30)38-33(40)41/h1-13,18-19,24H,14-17,20H2,(H,38,41). The van der Waals surface area contributed by atoms with E-state index in [1.54, 1.807) is 12.1 Å². The predicted molar refractivity (Wildman–Crippen MR) is 167 cm³/mol. The van der Waals surface area contributed by atoms with E-state index in [4.69, 9.17) is 33.2 Å². The third kappa shape index (κ3) is 5.04. The molecule has 2 aromatic heterocycles. The molecule has 204 valence electrons. The fourth-order valence-corrected chi connectivity index (χ4v) is 6.16. The van der Waals surface area contributed by atoms with Crippen LogP contribution in [0, 0.1) is 0 Å². The number of imidazole rings is 1. The first kappa shape index (κ1) is 26.0. The van der Waals surface area contributed by atoms with Crippen LogP contribution in [0.2, 0.25) is 10.0 Å². The molecule has 0 amide bonds. The Balaban J connectivity index is 1.12. The van der Waals surface area contributed by atoms with E-state index >= 15 is 0 Å². The number of para-hydroxylation sites is 2. The van der Waals surface area contributed by atoms with Crippen molar-refractivity contribution in [3.05, 3.63) is 117 Å². The molecule has 41 heavy (non-hydrogen) atoms. The summed E-state index contributed by atoms with van der Waals surface area (Å²) in [6.07, 6.45) is 1.89. The average Bonchev–Trinajstić information content (AvgIpc) is 3.34. The molecule has 0 atom stereocenters. The number of nitrogens with one attached hydrogen (secondary N) is 1. The quantitative estimate of drug-likeness (QED) is 0.227. The van der Waals surface area contributed by atoms with Crippen LogP contribution < -0.4 is 5.69 Å². The monoisotopic (exact) mass is 579 g/mol. The number of halogens is 2. The summed E-state index contributed by atoms with van der Waals surface area (Å²) in [7, 11) is 0. The number of rotatable bonds is 5. The van der Waals surface area contributed by atoms with Crippen LogP contribution in [-0.2, 0) is 6.54 Å². The minimum absolute atomic E-state index is 0.0164. The number of piperidine rings is 1. The summed E-state index contributed by atoms with van der Waals surface area (Å²) in [5, 5.41) is 0.919. The van der Waals surface area contributed by atoms with Crippen LogP contribution in [-0.4, -0.2) is 37.5 Å². The smallest absolute Gasteiger partial charge is 0.306 e. The van der Waals surface area contributed by atoms with Gasteiger partial charge in [0.1, 0.15) is 0 Å². The molecular weight excluding hydrogens is 553 g/mol. The van der Waals surface area contributed by atoms with Gasteiger partial charge in [-0.25, -0.2) is 14.8 Å². The van der Waals surface area contributed by atoms with Crippen LogP contribution in [0.15, 0.2) is 95.8 Å². The molecule has 1 fully saturated rings. The van der Waals surface area contributed by atoms with Crippen molar-refractivity contribution in [2.24, 2.45) is 0 Å². The molecular formula is C33H27Cl2N5O. The van der Waals surface area contributed by atoms with Crippen molar-refractivity contribution in [1.82, 2.24) is 24.4 Å². The fourth-order valence-electron chi connectivity index (χ4n) is 5.85. The van der Waals surface area contributed by atoms with E-state index in [2.05, 4.69) is 34.1 Å². The van der Waals surface area contributed by atoms with Crippen LogP contribution in [0.3, 0.4) is 0 Å². The van der Waals surface area contributed by atoms with Gasteiger partial charge in [0.15, 0.2) is 0 Å². The number of likely N-dealkylation sites (tertiary alicyclic amines) is 1. The molecule has 8 heteroatoms. The molecule has 4 aromatic carbocycles. The third-order valence-corrected chi connectivity index (χ3v) is 8.66. The van der Waals surface area contributed by atoms with Crippen molar-refractivity contribution in [1.29, 1.82) is 0 Å². The zero-order valence-electron chi connectivity index (χ0n) is 22.2. The molecule has 1 N–H and O–H groups in total. The van der Waals surface area contributed by atoms with Gasteiger partial charge in [0.25, 0.3) is 0 Å². The molecule has 0 saturated carbocycles. The lowest BCUT2D eigenvalue weighted by Crippen LogP contribution is -2.36. The van der Waals surface area contributed by atoms with E-state index in [0.29, 0.717) is 21.1 Å². The van der Waals surface area contributed by atoms with Gasteiger partial charge >= 0.3 is 5.69 Å². The van der Waals surface area contributed by atoms with Crippen molar-refractivity contribution < 1.29 is 0 Å². The molecule has 0 radical (unpaired) electrons. The van der Waals surface area contributed by atoms with Gasteiger partial charge in [-0.1, -0.05) is 89.9 Å². The van der Waals surface area contributed by atoms with Crippen LogP contribution >= 0.6 is 23.2 Å². The second kappa shape index (κ2) is 10.8. The summed E-state index contributed by atoms with van der Waals surface area (Å²) in [5.41, 5.74) is 8.11. The van der Waals surface area contributed by atoms with Gasteiger partial charge < -0.3 is 4.98 Å². The lowest BCUT2D eigenvalue weighted by molar-refractivity contribution is 0.180. The first-order valence-electron chi connectivity index (χ1n) is 13.8. The second-order valence-corrected chi connectivity index (χ2v) is 11.4. The summed E-state index contributed by atoms with van der Waals surface area (Å²) >= 11 is 12.6. The predicted octanol–water partition coefficient (Wildman–Crippen LogP) is 7.75. The number of benzene rings is 4. The Morgan fingerprint density at radius 3 is 2.00 bits per heavy atom. The molecule has 1 aliphatic rings. The van der Waals surface area contributed by atoms with Crippen molar-refractivity contribution in [3.63, 3.8) is 0 Å². The third-order valence-electron chi connectivity index (χ3n) is 7.93. The SMILES string of the molecule is O=c1[nH]c2ccccc2n1C1CCN(Cc2ccc(-c3nc4cc(Cl)c(Cl)cc4nc3-c3ccccc3)cc2)CC1. The van der Waals surface area contributed by atoms with E-state index in [-0.39, 0.29) is 11.7 Å². The van der Waals surface area contributed by atoms with E-state index in [1.807, 2.05) is 59.2 Å². The summed E-state index contributed by atoms with van der Waals surface area (Å²) in [4.78, 5) is 28.0. The second-order valence-electron chi connectivity index (χ2n) is 10.6. The van der Waals surface area contributed by atoms with Crippen LogP contribution in [0.1, 0.15) is 24.4 Å². The molecule has 0 aliphatic carbocycles. The number of aromatic nitrogens is 4. The number of aromatic amines is 1. The van der Waals surface area contributed by atoms with Gasteiger partial charge in [0.2, 0.25) is 0 Å². The van der Waals surface area contributed by atoms with Gasteiger partial charge in [-0.05, 0) is 42.7 Å². The van der Waals surface area contributed by atoms with E-state index in [0.717, 1.165) is 66.0 Å². The van der Waals surface area contributed by atoms with Crippen molar-refractivity contribution in [3.8, 4) is 22.5 Å². The number of hydrogen-bond acceptors (Lipinski definition) is 4. The molecule has 0 unspecified atom stereocenters. The number of hydrogen-bond donors (Lipinski definition) is 1. The first-order valence-corrected chi connectivity index (χ1v) is 14.5. The highest BCUT2D eigenvalue weighted by Crippen LogP contribution is 2.34. The van der Waals surface area contributed by atoms with E-state index in [1.165, 1.54) is 5.56 Å². The summed E-state index contributed by atoms with van der Waals surface area (Å²) in [6.45, 7) is 2.74. The number of H-pyrrole nitrogens is 1. The maximum Gasteiger partial charge on any atom is 0.326 e. The van der Waals surface area contributed by atoms with Gasteiger partial charge in [-0.2, -0.15) is 0 Å². The molecule has 7 rings (SSSR count). The Bertz CT molecular complexity index is 1920. The highest BCUT2D eigenvalue weighted by molar-refractivity contribution is 6.42. The molecule has 3 heterocycles. The summed E-state index contributed by atoms with van der Waals surface area (Å²) in [5.74, 6) is 0. The summed E-state index contributed by atoms with van der Waals surface area (Å²) in [6, 6.07) is 30.3. The van der Waals surface area contributed by atoms with Gasteiger partial charge in [0.05, 0.1) is 43.5 Å². The summed E-state index contributed by atoms with van der Waals surface area (Å²) < 4.78 is 1.94. The van der Waals surface area contributed by atoms with E-state index in [9.17, 15) is 4.79 Å². The maximum absolute atomic E-state index is 12.6. The number of nitrogens with zero attached hydrogens (tertiary/aromatic N) is 4. The largest absolute Gasteiger partial charge is 0.326 e. The van der Waals surface area contributed by atoms with Gasteiger partial charge in [-0.15, -0.1) is 0 Å². The van der Waals surface area contributed by atoms with Crippen LogP contribution in [0.25, 0.3) is 44.6 Å². The Kier molecular flexibility index (Phi) is 6.83. The van der Waals surface area contributed by atoms with E-state index < -0.39 is 0 Å². The zero-order chi connectivity index (χ0) is 27.9. The lowest BCUT2D eigenvalue weighted by atomic mass is 10.0. The average molecular weight is 581 g/mol. The first-order chi connectivity index (χ1) is 20.0. The molecule has 0 spiro atoms. The minimum atomic E-state index is -0.0164. The highest BCUT2D eigenvalue weighted by atomic mass is 35.5. The Morgan fingerprint density at radius 2 is 1.34 bits per heavy atom. The minimum Gasteiger partial charge on any atom is -0.306 e. The highest BCUT2D eigenvalue weighted by Gasteiger charge is 2.23. The van der Waals surface area contributed by atoms with Crippen molar-refractivity contribution >= 4 is 45.3 Å². The number of fused-ring (bicyclic) bond motifs is 2. The maximum atomic E-state index is 12.6. The Morgan fingerprint density at radius 1 is 0.756 bits per heavy atom. The lowest BCUT2D eigenvalue weighted by Gasteiger charge is -2.32. The molecule has 0 bridgehead atoms. The van der Waals surface area contributed by atoms with Crippen LogP contribution in [0.4, 0.5) is 0 Å². The molecule has 1 saturated heterocycles. The van der Waals surface area contributed by atoms with Gasteiger partial charge in [0, 0.05) is 36.8 Å². The zero-order valence-corrected chi connectivity index (χ0v) is 23.7. The Labute approximate surface area is 247 Å². The van der Waals surface area contributed by atoms with Crippen LogP contribution in [0.5, 0.6) is 0 Å². The van der Waals surface area contributed by atoms with Gasteiger partial charge in [-0.3, -0.25) is 9.47 Å². The molecule has 6 nitrogen and oxygen atoms in total. The topological polar surface area (TPSA) is 66.8 Å². The Hall–Kier alpha value is -3.97. The van der Waals surface area contributed by atoms with Crippen molar-refractivity contribution in [2.45, 2.75) is 25.4 Å².